The van der Waals surface area contributed by atoms with Gasteiger partial charge in [-0.05, 0) is 40.1 Å². The van der Waals surface area contributed by atoms with Crippen LogP contribution in [0.25, 0.3) is 0 Å². The van der Waals surface area contributed by atoms with Gasteiger partial charge in [0.25, 0.3) is 0 Å². The SMILES string of the molecule is CC(C)NC(=O)Nc1ccc(NCCN(C)C)cn1. The summed E-state index contributed by atoms with van der Waals surface area (Å²) in [6.45, 7) is 5.63. The van der Waals surface area contributed by atoms with E-state index < -0.39 is 0 Å². The molecule has 1 aromatic heterocycles. The Morgan fingerprint density at radius 1 is 1.37 bits per heavy atom. The van der Waals surface area contributed by atoms with E-state index in [0.717, 1.165) is 18.8 Å². The summed E-state index contributed by atoms with van der Waals surface area (Å²) in [6.07, 6.45) is 1.71. The first-order valence-electron chi connectivity index (χ1n) is 6.39. The standard InChI is InChI=1S/C13H23N5O/c1-10(2)16-13(19)17-12-6-5-11(9-15-12)14-7-8-18(3)4/h5-6,9-10,14H,7-8H2,1-4H3,(H2,15,16,17,19). The topological polar surface area (TPSA) is 69.3 Å². The zero-order valence-corrected chi connectivity index (χ0v) is 12.0. The Labute approximate surface area is 114 Å². The number of carbonyl (C=O) groups is 1. The van der Waals surface area contributed by atoms with E-state index in [2.05, 4.69) is 25.8 Å². The number of urea groups is 1. The first kappa shape index (κ1) is 15.2. The molecule has 0 aliphatic carbocycles. The molecule has 0 saturated heterocycles. The van der Waals surface area contributed by atoms with Crippen molar-refractivity contribution in [3.63, 3.8) is 0 Å². The third-order valence-corrected chi connectivity index (χ3v) is 2.31. The zero-order chi connectivity index (χ0) is 14.3. The summed E-state index contributed by atoms with van der Waals surface area (Å²) in [5.41, 5.74) is 0.941. The van der Waals surface area contributed by atoms with Crippen LogP contribution in [0.1, 0.15) is 13.8 Å². The van der Waals surface area contributed by atoms with Crippen molar-refractivity contribution < 1.29 is 4.79 Å². The third-order valence-electron chi connectivity index (χ3n) is 2.31. The molecule has 0 aromatic carbocycles. The Morgan fingerprint density at radius 3 is 2.63 bits per heavy atom. The van der Waals surface area contributed by atoms with Crippen LogP contribution in [0.2, 0.25) is 0 Å². The normalized spacial score (nSPS) is 10.6. The van der Waals surface area contributed by atoms with Crippen LogP contribution in [-0.2, 0) is 0 Å². The number of amides is 2. The highest BCUT2D eigenvalue weighted by Crippen LogP contribution is 2.09. The van der Waals surface area contributed by atoms with Gasteiger partial charge in [-0.3, -0.25) is 5.32 Å². The van der Waals surface area contributed by atoms with Crippen molar-refractivity contribution >= 4 is 17.5 Å². The van der Waals surface area contributed by atoms with E-state index in [1.54, 1.807) is 12.3 Å². The molecule has 0 radical (unpaired) electrons. The highest BCUT2D eigenvalue weighted by Gasteiger charge is 2.03. The lowest BCUT2D eigenvalue weighted by atomic mass is 10.4. The molecule has 19 heavy (non-hydrogen) atoms. The van der Waals surface area contributed by atoms with Gasteiger partial charge in [-0.25, -0.2) is 9.78 Å². The van der Waals surface area contributed by atoms with E-state index in [4.69, 9.17) is 0 Å². The van der Waals surface area contributed by atoms with Crippen molar-refractivity contribution in [1.29, 1.82) is 0 Å². The predicted molar refractivity (Wildman–Crippen MR) is 78.6 cm³/mol. The quantitative estimate of drug-likeness (QED) is 0.730. The number of hydrogen-bond donors (Lipinski definition) is 3. The summed E-state index contributed by atoms with van der Waals surface area (Å²) in [4.78, 5) is 17.8. The number of hydrogen-bond acceptors (Lipinski definition) is 4. The van der Waals surface area contributed by atoms with Crippen LogP contribution in [0.3, 0.4) is 0 Å². The van der Waals surface area contributed by atoms with Gasteiger partial charge in [0, 0.05) is 19.1 Å². The molecule has 0 aliphatic heterocycles. The molecule has 1 aromatic rings. The van der Waals surface area contributed by atoms with Crippen molar-refractivity contribution in [2.45, 2.75) is 19.9 Å². The van der Waals surface area contributed by atoms with Crippen molar-refractivity contribution in [3.05, 3.63) is 18.3 Å². The molecule has 1 heterocycles. The average molecular weight is 265 g/mol. The molecule has 0 spiro atoms. The van der Waals surface area contributed by atoms with E-state index >= 15 is 0 Å². The molecule has 0 aliphatic rings. The van der Waals surface area contributed by atoms with Crippen LogP contribution >= 0.6 is 0 Å². The highest BCUT2D eigenvalue weighted by atomic mass is 16.2. The van der Waals surface area contributed by atoms with E-state index in [1.165, 1.54) is 0 Å². The van der Waals surface area contributed by atoms with Crippen LogP contribution in [0.15, 0.2) is 18.3 Å². The molecule has 6 heteroatoms. The first-order chi connectivity index (χ1) is 8.97. The minimum atomic E-state index is -0.240. The van der Waals surface area contributed by atoms with Gasteiger partial charge in [0.1, 0.15) is 5.82 Å². The second-order valence-electron chi connectivity index (χ2n) is 4.92. The molecule has 0 unspecified atom stereocenters. The lowest BCUT2D eigenvalue weighted by molar-refractivity contribution is 0.250. The van der Waals surface area contributed by atoms with Crippen LogP contribution in [0, 0.1) is 0 Å². The highest BCUT2D eigenvalue weighted by molar-refractivity contribution is 5.88. The number of nitrogens with zero attached hydrogens (tertiary/aromatic N) is 2. The summed E-state index contributed by atoms with van der Waals surface area (Å²) in [5.74, 6) is 0.538. The molecule has 0 fully saturated rings. The Balaban J connectivity index is 2.41. The third kappa shape index (κ3) is 6.61. The Hall–Kier alpha value is -1.82. The fourth-order valence-electron chi connectivity index (χ4n) is 1.41. The van der Waals surface area contributed by atoms with Gasteiger partial charge in [-0.2, -0.15) is 0 Å². The summed E-state index contributed by atoms with van der Waals surface area (Å²) >= 11 is 0. The van der Waals surface area contributed by atoms with E-state index in [-0.39, 0.29) is 12.1 Å². The van der Waals surface area contributed by atoms with E-state index in [9.17, 15) is 4.79 Å². The van der Waals surface area contributed by atoms with Crippen LogP contribution in [0.5, 0.6) is 0 Å². The largest absolute Gasteiger partial charge is 0.383 e. The number of aromatic nitrogens is 1. The molecule has 3 N–H and O–H groups in total. The number of rotatable bonds is 6. The predicted octanol–water partition coefficient (Wildman–Crippen LogP) is 1.58. The monoisotopic (exact) mass is 265 g/mol. The fraction of sp³-hybridized carbons (Fsp3) is 0.538. The molecular formula is C13H23N5O. The number of anilines is 2. The molecule has 1 rings (SSSR count). The van der Waals surface area contributed by atoms with Crippen LogP contribution in [0.4, 0.5) is 16.3 Å². The Bertz CT molecular complexity index is 389. The van der Waals surface area contributed by atoms with Crippen LogP contribution < -0.4 is 16.0 Å². The maximum Gasteiger partial charge on any atom is 0.320 e. The maximum atomic E-state index is 11.5. The number of pyridine rings is 1. The van der Waals surface area contributed by atoms with Gasteiger partial charge in [-0.1, -0.05) is 0 Å². The number of likely N-dealkylation sites (N-methyl/N-ethyl adjacent to an activating group) is 1. The van der Waals surface area contributed by atoms with Crippen molar-refractivity contribution in [1.82, 2.24) is 15.2 Å². The summed E-state index contributed by atoms with van der Waals surface area (Å²) < 4.78 is 0. The van der Waals surface area contributed by atoms with Gasteiger partial charge in [0.05, 0.1) is 11.9 Å². The average Bonchev–Trinajstić information content (AvgIpc) is 2.29. The summed E-state index contributed by atoms with van der Waals surface area (Å²) in [7, 11) is 4.06. The lowest BCUT2D eigenvalue weighted by Gasteiger charge is -2.12. The molecular weight excluding hydrogens is 242 g/mol. The smallest absolute Gasteiger partial charge is 0.320 e. The van der Waals surface area contributed by atoms with E-state index in [0.29, 0.717) is 5.82 Å². The number of nitrogens with one attached hydrogen (secondary N) is 3. The number of carbonyl (C=O) groups excluding carboxylic acids is 1. The molecule has 0 saturated carbocycles. The van der Waals surface area contributed by atoms with Gasteiger partial charge in [-0.15, -0.1) is 0 Å². The second kappa shape index (κ2) is 7.58. The molecule has 6 nitrogen and oxygen atoms in total. The molecule has 0 bridgehead atoms. The summed E-state index contributed by atoms with van der Waals surface area (Å²) in [5, 5.41) is 8.68. The minimum absolute atomic E-state index is 0.104. The first-order valence-corrected chi connectivity index (χ1v) is 6.39. The van der Waals surface area contributed by atoms with Crippen LogP contribution in [-0.4, -0.2) is 49.1 Å². The summed E-state index contributed by atoms with van der Waals surface area (Å²) in [6, 6.07) is 3.54. The van der Waals surface area contributed by atoms with Gasteiger partial charge in [0.2, 0.25) is 0 Å². The van der Waals surface area contributed by atoms with Crippen molar-refractivity contribution in [2.24, 2.45) is 0 Å². The lowest BCUT2D eigenvalue weighted by Crippen LogP contribution is -2.34. The molecule has 2 amide bonds. The van der Waals surface area contributed by atoms with Gasteiger partial charge >= 0.3 is 6.03 Å². The van der Waals surface area contributed by atoms with E-state index in [1.807, 2.05) is 34.0 Å². The zero-order valence-electron chi connectivity index (χ0n) is 12.0. The molecule has 0 atom stereocenters. The Morgan fingerprint density at radius 2 is 2.11 bits per heavy atom. The van der Waals surface area contributed by atoms with Crippen molar-refractivity contribution in [2.75, 3.05) is 37.8 Å². The van der Waals surface area contributed by atoms with Gasteiger partial charge < -0.3 is 15.5 Å². The van der Waals surface area contributed by atoms with Gasteiger partial charge in [0.15, 0.2) is 0 Å². The molecule has 106 valence electrons. The Kier molecular flexibility index (Phi) is 6.08. The fourth-order valence-corrected chi connectivity index (χ4v) is 1.41. The maximum absolute atomic E-state index is 11.5. The van der Waals surface area contributed by atoms with Crippen molar-refractivity contribution in [3.8, 4) is 0 Å². The minimum Gasteiger partial charge on any atom is -0.383 e. The second-order valence-corrected chi connectivity index (χ2v) is 4.92.